The summed E-state index contributed by atoms with van der Waals surface area (Å²) in [5.41, 5.74) is 3.19. The number of nitrogens with zero attached hydrogens (tertiary/aromatic N) is 1. The van der Waals surface area contributed by atoms with Crippen LogP contribution >= 0.6 is 11.3 Å². The Bertz CT molecular complexity index is 955. The molecule has 1 N–H and O–H groups in total. The van der Waals surface area contributed by atoms with Gasteiger partial charge in [0, 0.05) is 29.6 Å². The minimum atomic E-state index is -0.235. The molecule has 0 spiro atoms. The number of pyridine rings is 1. The molecule has 2 aromatic heterocycles. The number of aromatic amines is 1. The third-order valence-corrected chi connectivity index (χ3v) is 5.14. The topological polar surface area (TPSA) is 53.2 Å². The number of rotatable bonds is 4. The third kappa shape index (κ3) is 2.87. The van der Waals surface area contributed by atoms with Crippen LogP contribution in [0, 0.1) is 6.92 Å². The van der Waals surface area contributed by atoms with E-state index in [9.17, 15) is 9.59 Å². The number of aromatic nitrogens is 1. The molecule has 1 amide bonds. The van der Waals surface area contributed by atoms with E-state index in [1.807, 2.05) is 41.5 Å². The molecule has 0 atom stereocenters. The number of benzene rings is 1. The summed E-state index contributed by atoms with van der Waals surface area (Å²) in [6, 6.07) is 9.55. The van der Waals surface area contributed by atoms with Gasteiger partial charge in [0.05, 0.1) is 5.56 Å². The van der Waals surface area contributed by atoms with Crippen molar-refractivity contribution in [3.63, 3.8) is 0 Å². The van der Waals surface area contributed by atoms with Crippen molar-refractivity contribution in [1.29, 1.82) is 0 Å². The summed E-state index contributed by atoms with van der Waals surface area (Å²) in [6.07, 6.45) is 2.08. The first-order chi connectivity index (χ1) is 11.6. The smallest absolute Gasteiger partial charge is 0.255 e. The number of hydrogen-bond acceptors (Lipinski definition) is 3. The lowest BCUT2D eigenvalue weighted by Gasteiger charge is -2.23. The van der Waals surface area contributed by atoms with Crippen LogP contribution in [0.3, 0.4) is 0 Å². The Kier molecular flexibility index (Phi) is 3.73. The Morgan fingerprint density at radius 1 is 1.29 bits per heavy atom. The highest BCUT2D eigenvalue weighted by Gasteiger charge is 2.33. The van der Waals surface area contributed by atoms with E-state index >= 15 is 0 Å². The number of carbonyl (C=O) groups is 1. The fourth-order valence-electron chi connectivity index (χ4n) is 3.03. The number of H-pyrrole nitrogens is 1. The molecular formula is C19H18N2O2S. The summed E-state index contributed by atoms with van der Waals surface area (Å²) < 4.78 is 0. The molecule has 24 heavy (non-hydrogen) atoms. The molecule has 4 rings (SSSR count). The number of nitrogens with one attached hydrogen (secondary N) is 1. The molecule has 4 nitrogen and oxygen atoms in total. The lowest BCUT2D eigenvalue weighted by atomic mass is 10.1. The van der Waals surface area contributed by atoms with Gasteiger partial charge < -0.3 is 9.88 Å². The molecule has 0 aliphatic heterocycles. The van der Waals surface area contributed by atoms with Gasteiger partial charge in [0.2, 0.25) is 5.56 Å². The van der Waals surface area contributed by atoms with Gasteiger partial charge in [-0.15, -0.1) is 0 Å². The second-order valence-electron chi connectivity index (χ2n) is 6.39. The molecule has 5 heteroatoms. The predicted molar refractivity (Wildman–Crippen MR) is 96.5 cm³/mol. The number of amides is 1. The van der Waals surface area contributed by atoms with E-state index in [4.69, 9.17) is 0 Å². The molecule has 122 valence electrons. The van der Waals surface area contributed by atoms with E-state index in [0.717, 1.165) is 29.4 Å². The third-order valence-electron chi connectivity index (χ3n) is 4.41. The summed E-state index contributed by atoms with van der Waals surface area (Å²) in [6.45, 7) is 2.59. The van der Waals surface area contributed by atoms with E-state index in [1.165, 1.54) is 6.07 Å². The Balaban J connectivity index is 1.78. The first kappa shape index (κ1) is 15.1. The van der Waals surface area contributed by atoms with Crippen LogP contribution in [0.4, 0.5) is 0 Å². The number of thiophene rings is 1. The number of fused-ring (bicyclic) bond motifs is 1. The molecule has 3 aromatic rings. The lowest BCUT2D eigenvalue weighted by Crippen LogP contribution is -2.33. The number of aryl methyl sites for hydroxylation is 1. The van der Waals surface area contributed by atoms with Gasteiger partial charge in [-0.3, -0.25) is 9.59 Å². The van der Waals surface area contributed by atoms with Crippen molar-refractivity contribution in [1.82, 2.24) is 9.88 Å². The standard InChI is InChI=1S/C19H18N2O2S/c1-12-2-5-17-15(8-12)16(9-18(22)20-17)19(23)21(14-3-4-14)10-13-6-7-24-11-13/h2,5-9,11,14H,3-4,10H2,1H3,(H,20,22). The summed E-state index contributed by atoms with van der Waals surface area (Å²) >= 11 is 1.64. The fourth-order valence-corrected chi connectivity index (χ4v) is 3.69. The molecule has 1 saturated carbocycles. The lowest BCUT2D eigenvalue weighted by molar-refractivity contribution is 0.0732. The van der Waals surface area contributed by atoms with Crippen molar-refractivity contribution in [2.75, 3.05) is 0 Å². The monoisotopic (exact) mass is 338 g/mol. The van der Waals surface area contributed by atoms with Crippen LogP contribution in [0.25, 0.3) is 10.9 Å². The first-order valence-electron chi connectivity index (χ1n) is 8.07. The highest BCUT2D eigenvalue weighted by molar-refractivity contribution is 7.07. The Morgan fingerprint density at radius 3 is 2.83 bits per heavy atom. The zero-order valence-electron chi connectivity index (χ0n) is 13.4. The maximum atomic E-state index is 13.2. The summed E-state index contributed by atoms with van der Waals surface area (Å²) in [7, 11) is 0. The highest BCUT2D eigenvalue weighted by Crippen LogP contribution is 2.31. The van der Waals surface area contributed by atoms with E-state index in [2.05, 4.69) is 10.4 Å². The average molecular weight is 338 g/mol. The van der Waals surface area contributed by atoms with Crippen molar-refractivity contribution in [2.24, 2.45) is 0 Å². The molecule has 1 fully saturated rings. The average Bonchev–Trinajstić information content (AvgIpc) is 3.28. The van der Waals surface area contributed by atoms with Crippen molar-refractivity contribution >= 4 is 28.1 Å². The first-order valence-corrected chi connectivity index (χ1v) is 9.02. The Labute approximate surface area is 143 Å². The van der Waals surface area contributed by atoms with Crippen LogP contribution in [0.15, 0.2) is 45.9 Å². The quantitative estimate of drug-likeness (QED) is 0.788. The van der Waals surface area contributed by atoms with Crippen molar-refractivity contribution < 1.29 is 4.79 Å². The maximum absolute atomic E-state index is 13.2. The molecule has 0 bridgehead atoms. The predicted octanol–water partition coefficient (Wildman–Crippen LogP) is 3.70. The largest absolute Gasteiger partial charge is 0.331 e. The molecule has 1 aliphatic carbocycles. The molecule has 0 unspecified atom stereocenters. The van der Waals surface area contributed by atoms with Crippen LogP contribution in [-0.4, -0.2) is 21.8 Å². The summed E-state index contributed by atoms with van der Waals surface area (Å²) in [5, 5.41) is 4.91. The maximum Gasteiger partial charge on any atom is 0.255 e. The minimum Gasteiger partial charge on any atom is -0.331 e. The van der Waals surface area contributed by atoms with Crippen LogP contribution in [0.2, 0.25) is 0 Å². The van der Waals surface area contributed by atoms with Gasteiger partial charge in [-0.25, -0.2) is 0 Å². The second kappa shape index (κ2) is 5.91. The molecular weight excluding hydrogens is 320 g/mol. The second-order valence-corrected chi connectivity index (χ2v) is 7.17. The SMILES string of the molecule is Cc1ccc2[nH]c(=O)cc(C(=O)N(Cc3ccsc3)C3CC3)c2c1. The molecule has 1 aromatic carbocycles. The zero-order chi connectivity index (χ0) is 16.7. The van der Waals surface area contributed by atoms with Crippen LogP contribution in [0.1, 0.15) is 34.3 Å². The summed E-state index contributed by atoms with van der Waals surface area (Å²) in [4.78, 5) is 29.9. The highest BCUT2D eigenvalue weighted by atomic mass is 32.1. The van der Waals surface area contributed by atoms with Crippen LogP contribution < -0.4 is 5.56 Å². The van der Waals surface area contributed by atoms with Gasteiger partial charge in [0.1, 0.15) is 0 Å². The van der Waals surface area contributed by atoms with E-state index in [0.29, 0.717) is 17.6 Å². The van der Waals surface area contributed by atoms with Crippen LogP contribution in [-0.2, 0) is 6.54 Å². The van der Waals surface area contributed by atoms with Gasteiger partial charge in [0.25, 0.3) is 5.91 Å². The van der Waals surface area contributed by atoms with Gasteiger partial charge in [-0.05, 0) is 54.3 Å². The van der Waals surface area contributed by atoms with Crippen molar-refractivity contribution in [3.05, 3.63) is 68.1 Å². The molecule has 1 aliphatic rings. The van der Waals surface area contributed by atoms with Crippen LogP contribution in [0.5, 0.6) is 0 Å². The van der Waals surface area contributed by atoms with E-state index < -0.39 is 0 Å². The van der Waals surface area contributed by atoms with Crippen molar-refractivity contribution in [3.8, 4) is 0 Å². The Morgan fingerprint density at radius 2 is 2.12 bits per heavy atom. The van der Waals surface area contributed by atoms with Gasteiger partial charge in [-0.2, -0.15) is 11.3 Å². The molecule has 0 radical (unpaired) electrons. The summed E-state index contributed by atoms with van der Waals surface area (Å²) in [5.74, 6) is -0.0506. The van der Waals surface area contributed by atoms with E-state index in [-0.39, 0.29) is 17.5 Å². The number of hydrogen-bond donors (Lipinski definition) is 1. The zero-order valence-corrected chi connectivity index (χ0v) is 14.2. The fraction of sp³-hybridized carbons (Fsp3) is 0.263. The van der Waals surface area contributed by atoms with Crippen molar-refractivity contribution in [2.45, 2.75) is 32.4 Å². The normalized spacial score (nSPS) is 14.0. The van der Waals surface area contributed by atoms with Gasteiger partial charge in [-0.1, -0.05) is 11.6 Å². The van der Waals surface area contributed by atoms with Gasteiger partial charge >= 0.3 is 0 Å². The van der Waals surface area contributed by atoms with E-state index in [1.54, 1.807) is 11.3 Å². The molecule has 0 saturated heterocycles. The number of carbonyl (C=O) groups excluding carboxylic acids is 1. The minimum absolute atomic E-state index is 0.0506. The Hall–Kier alpha value is -2.40. The molecule has 2 heterocycles. The van der Waals surface area contributed by atoms with Gasteiger partial charge in [0.15, 0.2) is 0 Å².